The van der Waals surface area contributed by atoms with Crippen molar-refractivity contribution in [3.8, 4) is 0 Å². The number of fused-ring (bicyclic) bond motifs is 1. The number of hydrogen-bond donors (Lipinski definition) is 2. The van der Waals surface area contributed by atoms with Crippen molar-refractivity contribution >= 4 is 17.7 Å². The number of para-hydroxylation sites is 1. The first-order chi connectivity index (χ1) is 9.58. The number of benzene rings is 1. The molecule has 1 unspecified atom stereocenters. The average Bonchev–Trinajstić information content (AvgIpc) is 2.86. The molecule has 1 heterocycles. The number of nitrogens with one attached hydrogen (secondary N) is 1. The van der Waals surface area contributed by atoms with Gasteiger partial charge in [-0.25, -0.2) is 4.79 Å². The van der Waals surface area contributed by atoms with Crippen LogP contribution in [0.2, 0.25) is 0 Å². The highest BCUT2D eigenvalue weighted by molar-refractivity contribution is 5.94. The van der Waals surface area contributed by atoms with E-state index in [9.17, 15) is 9.59 Å². The molecule has 1 aromatic rings. The van der Waals surface area contributed by atoms with Crippen molar-refractivity contribution < 1.29 is 14.7 Å². The zero-order valence-corrected chi connectivity index (χ0v) is 11.6. The molecular weight excluding hydrogens is 256 g/mol. The fourth-order valence-electron chi connectivity index (χ4n) is 2.38. The summed E-state index contributed by atoms with van der Waals surface area (Å²) in [6.07, 6.45) is 1.61. The van der Waals surface area contributed by atoms with Crippen LogP contribution in [0.4, 0.5) is 10.5 Å². The standard InChI is InChI=1S/C15H20N2O3/c1-11(6-7-14(18)19)10-16-15(20)17-9-8-12-4-2-3-5-13(12)17/h2-5,11H,6-10H2,1H3,(H,16,20)(H,18,19). The molecule has 2 rings (SSSR count). The number of carbonyl (C=O) groups excluding carboxylic acids is 1. The topological polar surface area (TPSA) is 69.6 Å². The summed E-state index contributed by atoms with van der Waals surface area (Å²) in [5.41, 5.74) is 2.17. The third kappa shape index (κ3) is 3.50. The lowest BCUT2D eigenvalue weighted by molar-refractivity contribution is -0.137. The second kappa shape index (κ2) is 6.41. The van der Waals surface area contributed by atoms with Gasteiger partial charge >= 0.3 is 12.0 Å². The van der Waals surface area contributed by atoms with Crippen molar-refractivity contribution in [3.63, 3.8) is 0 Å². The van der Waals surface area contributed by atoms with Crippen molar-refractivity contribution in [1.29, 1.82) is 0 Å². The fraction of sp³-hybridized carbons (Fsp3) is 0.467. The van der Waals surface area contributed by atoms with Crippen molar-refractivity contribution in [2.24, 2.45) is 5.92 Å². The molecule has 0 aliphatic carbocycles. The number of aliphatic carboxylic acids is 1. The molecule has 2 amide bonds. The Morgan fingerprint density at radius 3 is 2.90 bits per heavy atom. The van der Waals surface area contributed by atoms with Crippen molar-refractivity contribution in [2.45, 2.75) is 26.2 Å². The smallest absolute Gasteiger partial charge is 0.321 e. The Morgan fingerprint density at radius 2 is 2.15 bits per heavy atom. The van der Waals surface area contributed by atoms with Crippen LogP contribution in [0, 0.1) is 5.92 Å². The monoisotopic (exact) mass is 276 g/mol. The second-order valence-electron chi connectivity index (χ2n) is 5.25. The number of carbonyl (C=O) groups is 2. The van der Waals surface area contributed by atoms with E-state index in [-0.39, 0.29) is 18.4 Å². The summed E-state index contributed by atoms with van der Waals surface area (Å²) in [4.78, 5) is 24.4. The first-order valence-electron chi connectivity index (χ1n) is 6.93. The summed E-state index contributed by atoms with van der Waals surface area (Å²) in [5, 5.41) is 11.5. The summed E-state index contributed by atoms with van der Waals surface area (Å²) in [7, 11) is 0. The van der Waals surface area contributed by atoms with Crippen molar-refractivity contribution in [3.05, 3.63) is 29.8 Å². The molecule has 0 bridgehead atoms. The van der Waals surface area contributed by atoms with Crippen LogP contribution < -0.4 is 10.2 Å². The predicted octanol–water partition coefficient (Wildman–Crippen LogP) is 2.26. The lowest BCUT2D eigenvalue weighted by atomic mass is 10.1. The van der Waals surface area contributed by atoms with E-state index in [2.05, 4.69) is 5.32 Å². The molecule has 2 N–H and O–H groups in total. The van der Waals surface area contributed by atoms with Gasteiger partial charge in [-0.2, -0.15) is 0 Å². The Kier molecular flexibility index (Phi) is 4.61. The van der Waals surface area contributed by atoms with Gasteiger partial charge in [0.25, 0.3) is 0 Å². The van der Waals surface area contributed by atoms with Gasteiger partial charge in [-0.15, -0.1) is 0 Å². The third-order valence-corrected chi connectivity index (χ3v) is 3.59. The van der Waals surface area contributed by atoms with Crippen molar-refractivity contribution in [2.75, 3.05) is 18.0 Å². The van der Waals surface area contributed by atoms with Gasteiger partial charge in [-0.05, 0) is 30.4 Å². The van der Waals surface area contributed by atoms with Crippen LogP contribution in [0.15, 0.2) is 24.3 Å². The number of rotatable bonds is 5. The van der Waals surface area contributed by atoms with Gasteiger partial charge in [0.2, 0.25) is 0 Å². The SMILES string of the molecule is CC(CCC(=O)O)CNC(=O)N1CCc2ccccc21. The van der Waals surface area contributed by atoms with Crippen LogP contribution in [0.5, 0.6) is 0 Å². The maximum Gasteiger partial charge on any atom is 0.321 e. The van der Waals surface area contributed by atoms with E-state index >= 15 is 0 Å². The van der Waals surface area contributed by atoms with E-state index in [1.807, 2.05) is 31.2 Å². The highest BCUT2D eigenvalue weighted by Crippen LogP contribution is 2.27. The fourth-order valence-corrected chi connectivity index (χ4v) is 2.38. The van der Waals surface area contributed by atoms with E-state index < -0.39 is 5.97 Å². The van der Waals surface area contributed by atoms with Gasteiger partial charge in [0.1, 0.15) is 0 Å². The Morgan fingerprint density at radius 1 is 1.40 bits per heavy atom. The van der Waals surface area contributed by atoms with Crippen LogP contribution in [-0.2, 0) is 11.2 Å². The summed E-state index contributed by atoms with van der Waals surface area (Å²) in [6.45, 7) is 3.15. The molecule has 0 aromatic heterocycles. The number of carboxylic acid groups (broad SMARTS) is 1. The normalized spacial score (nSPS) is 14.8. The molecule has 0 saturated carbocycles. The van der Waals surface area contributed by atoms with Gasteiger partial charge in [0, 0.05) is 25.2 Å². The number of amides is 2. The third-order valence-electron chi connectivity index (χ3n) is 3.59. The Balaban J connectivity index is 1.83. The van der Waals surface area contributed by atoms with Crippen LogP contribution in [-0.4, -0.2) is 30.2 Å². The maximum atomic E-state index is 12.1. The lowest BCUT2D eigenvalue weighted by Gasteiger charge is -2.19. The molecule has 1 aliphatic rings. The first kappa shape index (κ1) is 14.4. The Bertz CT molecular complexity index is 502. The molecular formula is C15H20N2O3. The first-order valence-corrected chi connectivity index (χ1v) is 6.93. The number of nitrogens with zero attached hydrogens (tertiary/aromatic N) is 1. The summed E-state index contributed by atoms with van der Waals surface area (Å²) in [6, 6.07) is 7.80. The van der Waals surface area contributed by atoms with Gasteiger partial charge in [0.05, 0.1) is 0 Å². The summed E-state index contributed by atoms with van der Waals surface area (Å²) in [5.74, 6) is -0.635. The Labute approximate surface area is 118 Å². The minimum atomic E-state index is -0.795. The minimum absolute atomic E-state index is 0.0999. The van der Waals surface area contributed by atoms with Crippen LogP contribution in [0.3, 0.4) is 0 Å². The highest BCUT2D eigenvalue weighted by Gasteiger charge is 2.23. The molecule has 0 saturated heterocycles. The zero-order chi connectivity index (χ0) is 14.5. The molecule has 5 heteroatoms. The molecule has 1 atom stereocenters. The van der Waals surface area contributed by atoms with E-state index in [4.69, 9.17) is 5.11 Å². The molecule has 5 nitrogen and oxygen atoms in total. The molecule has 1 aromatic carbocycles. The quantitative estimate of drug-likeness (QED) is 0.866. The number of anilines is 1. The van der Waals surface area contributed by atoms with Crippen molar-refractivity contribution in [1.82, 2.24) is 5.32 Å². The molecule has 1 aliphatic heterocycles. The second-order valence-corrected chi connectivity index (χ2v) is 5.25. The van der Waals surface area contributed by atoms with Crippen LogP contribution in [0.25, 0.3) is 0 Å². The number of carboxylic acids is 1. The summed E-state index contributed by atoms with van der Waals surface area (Å²) < 4.78 is 0. The summed E-state index contributed by atoms with van der Waals surface area (Å²) >= 11 is 0. The molecule has 0 spiro atoms. The molecule has 0 fully saturated rings. The minimum Gasteiger partial charge on any atom is -0.481 e. The molecule has 108 valence electrons. The Hall–Kier alpha value is -2.04. The van der Waals surface area contributed by atoms with Gasteiger partial charge in [-0.3, -0.25) is 9.69 Å². The van der Waals surface area contributed by atoms with E-state index in [1.54, 1.807) is 4.90 Å². The highest BCUT2D eigenvalue weighted by atomic mass is 16.4. The zero-order valence-electron chi connectivity index (χ0n) is 11.6. The number of urea groups is 1. The van der Waals surface area contributed by atoms with Crippen LogP contribution in [0.1, 0.15) is 25.3 Å². The van der Waals surface area contributed by atoms with E-state index in [0.29, 0.717) is 19.5 Å². The van der Waals surface area contributed by atoms with Gasteiger partial charge < -0.3 is 10.4 Å². The van der Waals surface area contributed by atoms with E-state index in [1.165, 1.54) is 5.56 Å². The average molecular weight is 276 g/mol. The van der Waals surface area contributed by atoms with Gasteiger partial charge in [0.15, 0.2) is 0 Å². The molecule has 0 radical (unpaired) electrons. The van der Waals surface area contributed by atoms with E-state index in [0.717, 1.165) is 12.1 Å². The largest absolute Gasteiger partial charge is 0.481 e. The maximum absolute atomic E-state index is 12.1. The van der Waals surface area contributed by atoms with Gasteiger partial charge in [-0.1, -0.05) is 25.1 Å². The lowest BCUT2D eigenvalue weighted by Crippen LogP contribution is -2.40. The van der Waals surface area contributed by atoms with Crippen LogP contribution >= 0.6 is 0 Å². The predicted molar refractivity (Wildman–Crippen MR) is 76.9 cm³/mol. The molecule has 20 heavy (non-hydrogen) atoms. The number of hydrogen-bond acceptors (Lipinski definition) is 2.